The van der Waals surface area contributed by atoms with Crippen molar-refractivity contribution in [3.8, 4) is 11.1 Å². The van der Waals surface area contributed by atoms with Gasteiger partial charge in [0.1, 0.15) is 5.82 Å². The molecular formula is C11H6Cl3IN2. The number of hydrogen-bond acceptors (Lipinski definition) is 2. The molecule has 0 bridgehead atoms. The number of nitrogen functional groups attached to an aromatic ring is 1. The summed E-state index contributed by atoms with van der Waals surface area (Å²) in [6, 6.07) is 5.41. The molecule has 2 N–H and O–H groups in total. The first-order valence-electron chi connectivity index (χ1n) is 4.55. The maximum Gasteiger partial charge on any atom is 0.136 e. The first-order chi connectivity index (χ1) is 8.00. The summed E-state index contributed by atoms with van der Waals surface area (Å²) in [7, 11) is 0. The minimum atomic E-state index is 0.345. The summed E-state index contributed by atoms with van der Waals surface area (Å²) in [5, 5.41) is 1.19. The molecule has 0 amide bonds. The van der Waals surface area contributed by atoms with Crippen molar-refractivity contribution in [1.82, 2.24) is 4.98 Å². The van der Waals surface area contributed by atoms with Crippen molar-refractivity contribution >= 4 is 63.2 Å². The molecule has 0 atom stereocenters. The highest BCUT2D eigenvalue weighted by Gasteiger charge is 2.11. The smallest absolute Gasteiger partial charge is 0.136 e. The third-order valence-electron chi connectivity index (χ3n) is 2.22. The largest absolute Gasteiger partial charge is 0.383 e. The molecule has 0 aliphatic carbocycles. The van der Waals surface area contributed by atoms with Gasteiger partial charge in [0.05, 0.1) is 18.6 Å². The first kappa shape index (κ1) is 13.2. The van der Waals surface area contributed by atoms with Crippen molar-refractivity contribution < 1.29 is 0 Å². The van der Waals surface area contributed by atoms with E-state index in [0.29, 0.717) is 20.9 Å². The van der Waals surface area contributed by atoms with Crippen molar-refractivity contribution in [3.63, 3.8) is 0 Å². The molecule has 0 radical (unpaired) electrons. The molecule has 0 aliphatic heterocycles. The van der Waals surface area contributed by atoms with Crippen LogP contribution in [0, 0.1) is 3.57 Å². The van der Waals surface area contributed by atoms with Gasteiger partial charge in [0.15, 0.2) is 0 Å². The molecular weight excluding hydrogens is 393 g/mol. The van der Waals surface area contributed by atoms with E-state index in [4.69, 9.17) is 40.5 Å². The lowest BCUT2D eigenvalue weighted by molar-refractivity contribution is 1.32. The maximum absolute atomic E-state index is 6.15. The Kier molecular flexibility index (Phi) is 4.02. The SMILES string of the molecule is Nc1ncc(-c2ccc(Cl)c(Cl)c2Cl)cc1I. The maximum atomic E-state index is 6.15. The number of benzene rings is 1. The topological polar surface area (TPSA) is 38.9 Å². The molecule has 2 nitrogen and oxygen atoms in total. The van der Waals surface area contributed by atoms with Gasteiger partial charge in [-0.15, -0.1) is 0 Å². The highest BCUT2D eigenvalue weighted by molar-refractivity contribution is 14.1. The van der Waals surface area contributed by atoms with Crippen molar-refractivity contribution in [3.05, 3.63) is 43.0 Å². The highest BCUT2D eigenvalue weighted by Crippen LogP contribution is 2.38. The molecule has 0 saturated carbocycles. The monoisotopic (exact) mass is 398 g/mol. The Hall–Kier alpha value is -0.230. The summed E-state index contributed by atoms with van der Waals surface area (Å²) in [5.74, 6) is 0.491. The number of aromatic nitrogens is 1. The van der Waals surface area contributed by atoms with Crippen LogP contribution in [0.25, 0.3) is 11.1 Å². The molecule has 1 heterocycles. The summed E-state index contributed by atoms with van der Waals surface area (Å²) in [4.78, 5) is 4.08. The molecule has 88 valence electrons. The number of pyridine rings is 1. The minimum Gasteiger partial charge on any atom is -0.383 e. The van der Waals surface area contributed by atoms with Crippen molar-refractivity contribution in [2.24, 2.45) is 0 Å². The predicted octanol–water partition coefficient (Wildman–Crippen LogP) is 4.90. The van der Waals surface area contributed by atoms with Gasteiger partial charge in [0.25, 0.3) is 0 Å². The van der Waals surface area contributed by atoms with Gasteiger partial charge in [-0.05, 0) is 34.7 Å². The second-order valence-electron chi connectivity index (χ2n) is 3.31. The van der Waals surface area contributed by atoms with Crippen LogP contribution in [0.2, 0.25) is 15.1 Å². The highest BCUT2D eigenvalue weighted by atomic mass is 127. The third-order valence-corrected chi connectivity index (χ3v) is 4.37. The molecule has 1 aromatic heterocycles. The van der Waals surface area contributed by atoms with Crippen LogP contribution in [0.5, 0.6) is 0 Å². The van der Waals surface area contributed by atoms with Crippen LogP contribution < -0.4 is 5.73 Å². The average Bonchev–Trinajstić information content (AvgIpc) is 2.30. The van der Waals surface area contributed by atoms with E-state index in [1.54, 1.807) is 18.3 Å². The lowest BCUT2D eigenvalue weighted by atomic mass is 10.1. The zero-order chi connectivity index (χ0) is 12.6. The second-order valence-corrected chi connectivity index (χ2v) is 5.64. The zero-order valence-corrected chi connectivity index (χ0v) is 12.8. The van der Waals surface area contributed by atoms with Gasteiger partial charge in [-0.2, -0.15) is 0 Å². The van der Waals surface area contributed by atoms with Gasteiger partial charge in [-0.1, -0.05) is 40.9 Å². The lowest BCUT2D eigenvalue weighted by Crippen LogP contribution is -1.94. The standard InChI is InChI=1S/C11H6Cl3IN2/c12-7-2-1-6(9(13)10(7)14)5-3-8(15)11(16)17-4-5/h1-4H,(H2,16,17). The van der Waals surface area contributed by atoms with Crippen LogP contribution in [0.3, 0.4) is 0 Å². The molecule has 2 aromatic rings. The van der Waals surface area contributed by atoms with Crippen LogP contribution in [0.15, 0.2) is 24.4 Å². The van der Waals surface area contributed by atoms with E-state index in [-0.39, 0.29) is 0 Å². The van der Waals surface area contributed by atoms with Gasteiger partial charge < -0.3 is 5.73 Å². The predicted molar refractivity (Wildman–Crippen MR) is 81.8 cm³/mol. The quantitative estimate of drug-likeness (QED) is 0.547. The third kappa shape index (κ3) is 2.62. The van der Waals surface area contributed by atoms with E-state index >= 15 is 0 Å². The van der Waals surface area contributed by atoms with Gasteiger partial charge in [-0.25, -0.2) is 4.98 Å². The van der Waals surface area contributed by atoms with Crippen LogP contribution in [0.4, 0.5) is 5.82 Å². The van der Waals surface area contributed by atoms with Gasteiger partial charge >= 0.3 is 0 Å². The first-order valence-corrected chi connectivity index (χ1v) is 6.77. The number of anilines is 1. The molecule has 0 unspecified atom stereocenters. The summed E-state index contributed by atoms with van der Waals surface area (Å²) in [5.41, 5.74) is 7.30. The molecule has 0 aliphatic rings. The Balaban J connectivity index is 2.61. The van der Waals surface area contributed by atoms with Gasteiger partial charge in [-0.3, -0.25) is 0 Å². The summed E-state index contributed by atoms with van der Waals surface area (Å²) in [6.07, 6.45) is 1.66. The summed E-state index contributed by atoms with van der Waals surface area (Å²) >= 11 is 20.1. The van der Waals surface area contributed by atoms with Crippen LogP contribution in [0.1, 0.15) is 0 Å². The Morgan fingerprint density at radius 2 is 1.82 bits per heavy atom. The molecule has 0 fully saturated rings. The van der Waals surface area contributed by atoms with E-state index in [1.807, 2.05) is 6.07 Å². The number of nitrogens with zero attached hydrogens (tertiary/aromatic N) is 1. The molecule has 1 aromatic carbocycles. The number of nitrogens with two attached hydrogens (primary N) is 1. The van der Waals surface area contributed by atoms with E-state index < -0.39 is 0 Å². The van der Waals surface area contributed by atoms with Crippen LogP contribution >= 0.6 is 57.4 Å². The fourth-order valence-corrected chi connectivity index (χ4v) is 2.46. The fourth-order valence-electron chi connectivity index (χ4n) is 1.34. The average molecular weight is 399 g/mol. The normalized spacial score (nSPS) is 10.6. The van der Waals surface area contributed by atoms with E-state index in [1.165, 1.54) is 0 Å². The zero-order valence-electron chi connectivity index (χ0n) is 8.35. The van der Waals surface area contributed by atoms with E-state index in [9.17, 15) is 0 Å². The lowest BCUT2D eigenvalue weighted by Gasteiger charge is -2.08. The van der Waals surface area contributed by atoms with Gasteiger partial charge in [0.2, 0.25) is 0 Å². The summed E-state index contributed by atoms with van der Waals surface area (Å²) in [6.45, 7) is 0. The molecule has 2 rings (SSSR count). The number of hydrogen-bond donors (Lipinski definition) is 1. The molecule has 0 saturated heterocycles. The van der Waals surface area contributed by atoms with Crippen molar-refractivity contribution in [1.29, 1.82) is 0 Å². The molecule has 17 heavy (non-hydrogen) atoms. The van der Waals surface area contributed by atoms with Crippen molar-refractivity contribution in [2.45, 2.75) is 0 Å². The van der Waals surface area contributed by atoms with Crippen LogP contribution in [-0.4, -0.2) is 4.98 Å². The molecule has 0 spiro atoms. The Morgan fingerprint density at radius 3 is 2.47 bits per heavy atom. The molecule has 6 heteroatoms. The Labute approximate surface area is 127 Å². The Bertz CT molecular complexity index is 587. The van der Waals surface area contributed by atoms with E-state index in [0.717, 1.165) is 14.7 Å². The minimum absolute atomic E-state index is 0.345. The number of halogens is 4. The fraction of sp³-hybridized carbons (Fsp3) is 0. The Morgan fingerprint density at radius 1 is 1.12 bits per heavy atom. The van der Waals surface area contributed by atoms with Gasteiger partial charge in [0, 0.05) is 17.3 Å². The van der Waals surface area contributed by atoms with Crippen LogP contribution in [-0.2, 0) is 0 Å². The van der Waals surface area contributed by atoms with Crippen molar-refractivity contribution in [2.75, 3.05) is 5.73 Å². The second kappa shape index (κ2) is 5.18. The summed E-state index contributed by atoms with van der Waals surface area (Å²) < 4.78 is 0.863. The number of rotatable bonds is 1. The van der Waals surface area contributed by atoms with E-state index in [2.05, 4.69) is 27.6 Å².